The molecule has 3 aromatic rings. The maximum absolute atomic E-state index is 12.5. The molecule has 0 amide bonds. The minimum atomic E-state index is -5.76. The molecule has 0 atom stereocenters. The first-order valence-corrected chi connectivity index (χ1v) is 8.14. The first-order valence-electron chi connectivity index (χ1n) is 6.73. The summed E-state index contributed by atoms with van der Waals surface area (Å²) in [7, 11) is -5.76. The summed E-state index contributed by atoms with van der Waals surface area (Å²) in [4.78, 5) is 3.98. The normalized spacial score (nSPS) is 12.3. The third-order valence-corrected chi connectivity index (χ3v) is 4.27. The molecule has 3 rings (SSSR count). The van der Waals surface area contributed by atoms with Crippen LogP contribution in [0.2, 0.25) is 0 Å². The highest BCUT2D eigenvalue weighted by Gasteiger charge is 2.48. The Morgan fingerprint density at radius 1 is 0.917 bits per heavy atom. The Balaban J connectivity index is 2.17. The first kappa shape index (κ1) is 16.3. The van der Waals surface area contributed by atoms with E-state index in [-0.39, 0.29) is 5.52 Å². The third-order valence-electron chi connectivity index (χ3n) is 3.30. The van der Waals surface area contributed by atoms with Gasteiger partial charge in [-0.3, -0.25) is 4.98 Å². The van der Waals surface area contributed by atoms with Crippen LogP contribution in [0.25, 0.3) is 22.0 Å². The average Bonchev–Trinajstić information content (AvgIpc) is 2.55. The van der Waals surface area contributed by atoms with Crippen LogP contribution in [0.1, 0.15) is 0 Å². The summed E-state index contributed by atoms with van der Waals surface area (Å²) in [6.07, 6.45) is 1.35. The molecule has 1 heterocycles. The van der Waals surface area contributed by atoms with E-state index in [2.05, 4.69) is 9.17 Å². The SMILES string of the molecule is O=S(=O)(Oc1ccc(-c2ccccc2)c2cccnc12)C(F)(F)F. The topological polar surface area (TPSA) is 56.3 Å². The molecule has 2 aromatic carbocycles. The third kappa shape index (κ3) is 2.92. The van der Waals surface area contributed by atoms with E-state index in [1.54, 1.807) is 12.1 Å². The van der Waals surface area contributed by atoms with Crippen LogP contribution in [0.5, 0.6) is 5.75 Å². The van der Waals surface area contributed by atoms with Crippen molar-refractivity contribution in [1.82, 2.24) is 4.98 Å². The predicted molar refractivity (Wildman–Crippen MR) is 82.8 cm³/mol. The van der Waals surface area contributed by atoms with Crippen molar-refractivity contribution in [2.75, 3.05) is 0 Å². The van der Waals surface area contributed by atoms with E-state index >= 15 is 0 Å². The lowest BCUT2D eigenvalue weighted by molar-refractivity contribution is -0.0499. The van der Waals surface area contributed by atoms with Gasteiger partial charge < -0.3 is 4.18 Å². The van der Waals surface area contributed by atoms with Crippen molar-refractivity contribution in [1.29, 1.82) is 0 Å². The van der Waals surface area contributed by atoms with Crippen LogP contribution in [0.3, 0.4) is 0 Å². The summed E-state index contributed by atoms with van der Waals surface area (Å²) >= 11 is 0. The molecule has 0 radical (unpaired) electrons. The molecule has 0 saturated carbocycles. The van der Waals surface area contributed by atoms with Gasteiger partial charge in [0.25, 0.3) is 0 Å². The number of rotatable bonds is 3. The second-order valence-electron chi connectivity index (χ2n) is 4.86. The molecule has 4 nitrogen and oxygen atoms in total. The maximum Gasteiger partial charge on any atom is 0.534 e. The summed E-state index contributed by atoms with van der Waals surface area (Å²) in [5.41, 5.74) is -3.95. The highest BCUT2D eigenvalue weighted by Crippen LogP contribution is 2.35. The molecule has 0 N–H and O–H groups in total. The average molecular weight is 353 g/mol. The maximum atomic E-state index is 12.5. The number of fused-ring (bicyclic) bond motifs is 1. The van der Waals surface area contributed by atoms with Crippen LogP contribution in [0.4, 0.5) is 13.2 Å². The molecule has 24 heavy (non-hydrogen) atoms. The molecule has 0 fully saturated rings. The molecular formula is C16H10F3NO3S. The van der Waals surface area contributed by atoms with Gasteiger partial charge in [-0.05, 0) is 29.3 Å². The summed E-state index contributed by atoms with van der Waals surface area (Å²) < 4.78 is 64.3. The Kier molecular flexibility index (Phi) is 3.92. The Labute approximate surface area is 135 Å². The van der Waals surface area contributed by atoms with Gasteiger partial charge in [-0.25, -0.2) is 0 Å². The molecule has 0 aliphatic heterocycles. The molecule has 124 valence electrons. The quantitative estimate of drug-likeness (QED) is 0.525. The van der Waals surface area contributed by atoms with Crippen molar-refractivity contribution in [2.24, 2.45) is 0 Å². The molecule has 8 heteroatoms. The van der Waals surface area contributed by atoms with E-state index in [9.17, 15) is 21.6 Å². The van der Waals surface area contributed by atoms with Crippen LogP contribution in [-0.4, -0.2) is 18.9 Å². The number of halogens is 3. The number of hydrogen-bond donors (Lipinski definition) is 0. The van der Waals surface area contributed by atoms with E-state index in [4.69, 9.17) is 0 Å². The summed E-state index contributed by atoms with van der Waals surface area (Å²) in [5, 5.41) is 0.485. The van der Waals surface area contributed by atoms with Gasteiger partial charge in [-0.1, -0.05) is 36.4 Å². The highest BCUT2D eigenvalue weighted by molar-refractivity contribution is 7.88. The van der Waals surface area contributed by atoms with E-state index in [1.807, 2.05) is 30.3 Å². The van der Waals surface area contributed by atoms with Crippen molar-refractivity contribution in [2.45, 2.75) is 5.51 Å². The lowest BCUT2D eigenvalue weighted by atomic mass is 10.0. The lowest BCUT2D eigenvalue weighted by Gasteiger charge is -2.13. The standard InChI is InChI=1S/C16H10F3NO3S/c17-16(18,19)24(21,22)23-14-9-8-12(11-5-2-1-3-6-11)13-7-4-10-20-15(13)14/h1-10H. The summed E-state index contributed by atoms with van der Waals surface area (Å²) in [6.45, 7) is 0. The molecule has 0 bridgehead atoms. The van der Waals surface area contributed by atoms with Gasteiger partial charge >= 0.3 is 15.6 Å². The summed E-state index contributed by atoms with van der Waals surface area (Å²) in [5.74, 6) is -0.470. The van der Waals surface area contributed by atoms with E-state index in [0.29, 0.717) is 10.9 Å². The van der Waals surface area contributed by atoms with Crippen molar-refractivity contribution in [3.05, 3.63) is 60.8 Å². The molecule has 0 aliphatic rings. The fourth-order valence-electron chi connectivity index (χ4n) is 2.25. The fraction of sp³-hybridized carbons (Fsp3) is 0.0625. The van der Waals surface area contributed by atoms with Gasteiger partial charge in [-0.2, -0.15) is 21.6 Å². The monoisotopic (exact) mass is 353 g/mol. The zero-order valence-corrected chi connectivity index (χ0v) is 12.8. The minimum absolute atomic E-state index is 0.0340. The van der Waals surface area contributed by atoms with E-state index in [1.165, 1.54) is 18.3 Å². The fourth-order valence-corrected chi connectivity index (χ4v) is 2.71. The molecular weight excluding hydrogens is 343 g/mol. The van der Waals surface area contributed by atoms with Crippen LogP contribution < -0.4 is 4.18 Å². The molecule has 0 spiro atoms. The number of pyridine rings is 1. The second kappa shape index (κ2) is 5.79. The first-order chi connectivity index (χ1) is 11.3. The largest absolute Gasteiger partial charge is 0.534 e. The Morgan fingerprint density at radius 2 is 1.62 bits per heavy atom. The van der Waals surface area contributed by atoms with Gasteiger partial charge in [0, 0.05) is 11.6 Å². The number of nitrogens with zero attached hydrogens (tertiary/aromatic N) is 1. The highest BCUT2D eigenvalue weighted by atomic mass is 32.2. The van der Waals surface area contributed by atoms with E-state index < -0.39 is 21.4 Å². The van der Waals surface area contributed by atoms with Crippen molar-refractivity contribution >= 4 is 21.0 Å². The van der Waals surface area contributed by atoms with Gasteiger partial charge in [-0.15, -0.1) is 0 Å². The molecule has 0 aliphatic carbocycles. The number of aromatic nitrogens is 1. The lowest BCUT2D eigenvalue weighted by Crippen LogP contribution is -2.28. The minimum Gasteiger partial charge on any atom is -0.374 e. The van der Waals surface area contributed by atoms with Crippen molar-refractivity contribution < 1.29 is 25.8 Å². The van der Waals surface area contributed by atoms with Gasteiger partial charge in [0.2, 0.25) is 0 Å². The van der Waals surface area contributed by atoms with Crippen LogP contribution in [0.15, 0.2) is 60.8 Å². The van der Waals surface area contributed by atoms with Gasteiger partial charge in [0.15, 0.2) is 5.75 Å². The zero-order valence-electron chi connectivity index (χ0n) is 12.0. The Morgan fingerprint density at radius 3 is 2.29 bits per heavy atom. The van der Waals surface area contributed by atoms with Crippen molar-refractivity contribution in [3.8, 4) is 16.9 Å². The Bertz CT molecular complexity index is 986. The summed E-state index contributed by atoms with van der Waals surface area (Å²) in [6, 6.07) is 15.0. The molecule has 0 unspecified atom stereocenters. The van der Waals surface area contributed by atoms with E-state index in [0.717, 1.165) is 5.56 Å². The van der Waals surface area contributed by atoms with Crippen LogP contribution in [-0.2, 0) is 10.1 Å². The Hall–Kier alpha value is -2.61. The molecule has 0 saturated heterocycles. The number of alkyl halides is 3. The van der Waals surface area contributed by atoms with Crippen LogP contribution >= 0.6 is 0 Å². The molecule has 1 aromatic heterocycles. The van der Waals surface area contributed by atoms with Gasteiger partial charge in [0.1, 0.15) is 5.52 Å². The van der Waals surface area contributed by atoms with Crippen LogP contribution in [0, 0.1) is 0 Å². The number of hydrogen-bond acceptors (Lipinski definition) is 4. The van der Waals surface area contributed by atoms with Gasteiger partial charge in [0.05, 0.1) is 0 Å². The van der Waals surface area contributed by atoms with Crippen molar-refractivity contribution in [3.63, 3.8) is 0 Å². The predicted octanol–water partition coefficient (Wildman–Crippen LogP) is 4.13. The number of benzene rings is 2. The second-order valence-corrected chi connectivity index (χ2v) is 6.40. The smallest absolute Gasteiger partial charge is 0.374 e. The zero-order chi connectivity index (χ0) is 17.4.